The molecule has 0 amide bonds. The van der Waals surface area contributed by atoms with Gasteiger partial charge >= 0.3 is 5.97 Å². The zero-order chi connectivity index (χ0) is 11.1. The predicted octanol–water partition coefficient (Wildman–Crippen LogP) is 0.0666. The van der Waals surface area contributed by atoms with E-state index in [1.807, 2.05) is 0 Å². The number of ether oxygens (including phenoxy) is 3. The highest BCUT2D eigenvalue weighted by molar-refractivity contribution is 6.10. The van der Waals surface area contributed by atoms with Crippen molar-refractivity contribution in [2.75, 3.05) is 20.3 Å². The van der Waals surface area contributed by atoms with E-state index in [1.165, 1.54) is 7.11 Å². The Morgan fingerprint density at radius 1 is 1.40 bits per heavy atom. The van der Waals surface area contributed by atoms with Crippen molar-refractivity contribution in [2.24, 2.45) is 0 Å². The summed E-state index contributed by atoms with van der Waals surface area (Å²) < 4.78 is 15.6. The molecule has 2 aliphatic rings. The summed E-state index contributed by atoms with van der Waals surface area (Å²) in [5, 5.41) is 0. The Balaban J connectivity index is 2.45. The fourth-order valence-electron chi connectivity index (χ4n) is 2.40. The smallest absolute Gasteiger partial charge is 0.349 e. The van der Waals surface area contributed by atoms with Crippen LogP contribution in [0.1, 0.15) is 19.8 Å². The largest absolute Gasteiger partial charge is 0.466 e. The number of esters is 1. The number of carbonyl (C=O) groups excluding carboxylic acids is 2. The van der Waals surface area contributed by atoms with Crippen molar-refractivity contribution in [3.63, 3.8) is 0 Å². The monoisotopic (exact) mass is 214 g/mol. The number of Topliss-reactive ketones (excluding diaryl/α,β-unsaturated/α-hetero) is 1. The Labute approximate surface area is 87.7 Å². The summed E-state index contributed by atoms with van der Waals surface area (Å²) in [7, 11) is 1.25. The van der Waals surface area contributed by atoms with E-state index in [0.717, 1.165) is 0 Å². The maximum Gasteiger partial charge on any atom is 0.349 e. The highest BCUT2D eigenvalue weighted by Crippen LogP contribution is 2.45. The van der Waals surface area contributed by atoms with Crippen LogP contribution in [0.3, 0.4) is 0 Å². The molecule has 0 aromatic heterocycles. The van der Waals surface area contributed by atoms with Crippen LogP contribution >= 0.6 is 0 Å². The average molecular weight is 214 g/mol. The molecule has 1 aliphatic carbocycles. The maximum absolute atomic E-state index is 11.8. The molecule has 2 fully saturated rings. The molecule has 15 heavy (non-hydrogen) atoms. The molecule has 0 bridgehead atoms. The SMILES string of the molecule is COC(=O)[C@]12OCCOC1(C)CCC2=O. The van der Waals surface area contributed by atoms with Crippen LogP contribution in [0.25, 0.3) is 0 Å². The Kier molecular flexibility index (Phi) is 2.31. The van der Waals surface area contributed by atoms with Crippen LogP contribution in [0.5, 0.6) is 0 Å². The molecular formula is C10H14O5. The third kappa shape index (κ3) is 1.16. The van der Waals surface area contributed by atoms with Crippen molar-refractivity contribution in [1.29, 1.82) is 0 Å². The van der Waals surface area contributed by atoms with Gasteiger partial charge in [0.05, 0.1) is 20.3 Å². The minimum absolute atomic E-state index is 0.239. The van der Waals surface area contributed by atoms with Crippen LogP contribution in [0.15, 0.2) is 0 Å². The van der Waals surface area contributed by atoms with E-state index in [9.17, 15) is 9.59 Å². The van der Waals surface area contributed by atoms with Crippen LogP contribution in [0.2, 0.25) is 0 Å². The molecule has 0 spiro atoms. The van der Waals surface area contributed by atoms with Crippen LogP contribution in [0, 0.1) is 0 Å². The summed E-state index contributed by atoms with van der Waals surface area (Å²) in [6, 6.07) is 0. The fourth-order valence-corrected chi connectivity index (χ4v) is 2.40. The Morgan fingerprint density at radius 3 is 2.73 bits per heavy atom. The van der Waals surface area contributed by atoms with Gasteiger partial charge in [-0.25, -0.2) is 4.79 Å². The molecule has 0 radical (unpaired) electrons. The molecule has 2 rings (SSSR count). The lowest BCUT2D eigenvalue weighted by Crippen LogP contribution is -2.64. The zero-order valence-electron chi connectivity index (χ0n) is 8.87. The lowest BCUT2D eigenvalue weighted by molar-refractivity contribution is -0.238. The first-order valence-corrected chi connectivity index (χ1v) is 4.96. The van der Waals surface area contributed by atoms with Crippen molar-refractivity contribution >= 4 is 11.8 Å². The van der Waals surface area contributed by atoms with Gasteiger partial charge in [0.1, 0.15) is 5.60 Å². The lowest BCUT2D eigenvalue weighted by atomic mass is 9.85. The van der Waals surface area contributed by atoms with Gasteiger partial charge in [-0.15, -0.1) is 0 Å². The summed E-state index contributed by atoms with van der Waals surface area (Å²) in [5.74, 6) is -0.885. The van der Waals surface area contributed by atoms with E-state index >= 15 is 0 Å². The van der Waals surface area contributed by atoms with Crippen LogP contribution < -0.4 is 0 Å². The molecule has 0 aromatic carbocycles. The fraction of sp³-hybridized carbons (Fsp3) is 0.800. The molecule has 1 saturated carbocycles. The first-order chi connectivity index (χ1) is 7.07. The average Bonchev–Trinajstić information content (AvgIpc) is 2.52. The first kappa shape index (κ1) is 10.6. The van der Waals surface area contributed by atoms with Gasteiger partial charge in [0.15, 0.2) is 5.78 Å². The minimum atomic E-state index is -1.53. The molecule has 0 N–H and O–H groups in total. The molecule has 5 heteroatoms. The van der Waals surface area contributed by atoms with Gasteiger partial charge in [0.2, 0.25) is 0 Å². The van der Waals surface area contributed by atoms with Crippen LogP contribution in [-0.4, -0.2) is 43.3 Å². The van der Waals surface area contributed by atoms with Crippen molar-refractivity contribution in [3.8, 4) is 0 Å². The van der Waals surface area contributed by atoms with Crippen LogP contribution in [-0.2, 0) is 23.8 Å². The van der Waals surface area contributed by atoms with Gasteiger partial charge in [-0.2, -0.15) is 0 Å². The van der Waals surface area contributed by atoms with Crippen molar-refractivity contribution < 1.29 is 23.8 Å². The van der Waals surface area contributed by atoms with Crippen molar-refractivity contribution in [3.05, 3.63) is 0 Å². The molecule has 84 valence electrons. The normalized spacial score (nSPS) is 40.0. The second-order valence-electron chi connectivity index (χ2n) is 4.02. The molecule has 5 nitrogen and oxygen atoms in total. The predicted molar refractivity (Wildman–Crippen MR) is 49.3 cm³/mol. The third-order valence-electron chi connectivity index (χ3n) is 3.26. The Hall–Kier alpha value is -0.940. The van der Waals surface area contributed by atoms with Gasteiger partial charge in [0, 0.05) is 6.42 Å². The second-order valence-corrected chi connectivity index (χ2v) is 4.02. The van der Waals surface area contributed by atoms with E-state index in [0.29, 0.717) is 19.4 Å². The maximum atomic E-state index is 11.8. The Morgan fingerprint density at radius 2 is 2.07 bits per heavy atom. The number of methoxy groups -OCH3 is 1. The second kappa shape index (κ2) is 3.28. The highest BCUT2D eigenvalue weighted by atomic mass is 16.6. The number of ketones is 1. The number of fused-ring (bicyclic) bond motifs is 1. The van der Waals surface area contributed by atoms with Gasteiger partial charge in [-0.05, 0) is 13.3 Å². The molecule has 1 unspecified atom stereocenters. The van der Waals surface area contributed by atoms with Gasteiger partial charge in [-0.1, -0.05) is 0 Å². The van der Waals surface area contributed by atoms with E-state index in [-0.39, 0.29) is 12.4 Å². The van der Waals surface area contributed by atoms with Gasteiger partial charge < -0.3 is 14.2 Å². The molecule has 1 aliphatic heterocycles. The lowest BCUT2D eigenvalue weighted by Gasteiger charge is -2.42. The summed E-state index contributed by atoms with van der Waals surface area (Å²) in [4.78, 5) is 23.6. The molecular weight excluding hydrogens is 200 g/mol. The van der Waals surface area contributed by atoms with E-state index in [2.05, 4.69) is 4.74 Å². The van der Waals surface area contributed by atoms with Crippen molar-refractivity contribution in [2.45, 2.75) is 31.0 Å². The molecule has 0 aromatic rings. The summed E-state index contributed by atoms with van der Waals surface area (Å²) in [6.45, 7) is 2.38. The van der Waals surface area contributed by atoms with Gasteiger partial charge in [0.25, 0.3) is 5.60 Å². The summed E-state index contributed by atoms with van der Waals surface area (Å²) in [6.07, 6.45) is 0.798. The summed E-state index contributed by atoms with van der Waals surface area (Å²) in [5.41, 5.74) is -2.39. The van der Waals surface area contributed by atoms with E-state index in [4.69, 9.17) is 9.47 Å². The molecule has 1 saturated heterocycles. The highest BCUT2D eigenvalue weighted by Gasteiger charge is 2.67. The minimum Gasteiger partial charge on any atom is -0.466 e. The first-order valence-electron chi connectivity index (χ1n) is 4.96. The van der Waals surface area contributed by atoms with E-state index in [1.54, 1.807) is 6.92 Å². The van der Waals surface area contributed by atoms with E-state index < -0.39 is 17.2 Å². The van der Waals surface area contributed by atoms with Gasteiger partial charge in [-0.3, -0.25) is 4.79 Å². The number of carbonyl (C=O) groups is 2. The summed E-state index contributed by atoms with van der Waals surface area (Å²) >= 11 is 0. The quantitative estimate of drug-likeness (QED) is 0.456. The number of rotatable bonds is 1. The number of hydrogen-bond donors (Lipinski definition) is 0. The standard InChI is InChI=1S/C10H14O5/c1-9-4-3-7(11)10(9,8(12)13-2)15-6-5-14-9/h3-6H2,1-2H3/t9?,10-/m0/s1. The number of hydrogen-bond acceptors (Lipinski definition) is 5. The zero-order valence-corrected chi connectivity index (χ0v) is 8.87. The van der Waals surface area contributed by atoms with Crippen LogP contribution in [0.4, 0.5) is 0 Å². The molecule has 1 heterocycles. The third-order valence-corrected chi connectivity index (χ3v) is 3.26. The topological polar surface area (TPSA) is 61.8 Å². The molecule has 2 atom stereocenters. The Bertz CT molecular complexity index is 313. The van der Waals surface area contributed by atoms with Crippen molar-refractivity contribution in [1.82, 2.24) is 0 Å².